The van der Waals surface area contributed by atoms with Crippen molar-refractivity contribution in [2.75, 3.05) is 0 Å². The van der Waals surface area contributed by atoms with E-state index in [0.29, 0.717) is 12.4 Å². The van der Waals surface area contributed by atoms with E-state index < -0.39 is 0 Å². The highest BCUT2D eigenvalue weighted by atomic mass is 32.1. The number of thiazole rings is 1. The maximum atomic E-state index is 5.77. The van der Waals surface area contributed by atoms with Crippen LogP contribution in [0.2, 0.25) is 0 Å². The van der Waals surface area contributed by atoms with Crippen LogP contribution in [0.3, 0.4) is 0 Å². The molecule has 0 bridgehead atoms. The second kappa shape index (κ2) is 4.50. The van der Waals surface area contributed by atoms with Crippen LogP contribution < -0.4 is 5.73 Å². The van der Waals surface area contributed by atoms with E-state index in [1.807, 2.05) is 0 Å². The lowest BCUT2D eigenvalue weighted by Gasteiger charge is -2.16. The van der Waals surface area contributed by atoms with Crippen molar-refractivity contribution in [3.63, 3.8) is 0 Å². The summed E-state index contributed by atoms with van der Waals surface area (Å²) in [6, 6.07) is 1.80. The zero-order valence-corrected chi connectivity index (χ0v) is 11.1. The lowest BCUT2D eigenvalue weighted by molar-refractivity contribution is 0.567. The summed E-state index contributed by atoms with van der Waals surface area (Å²) in [5, 5.41) is 0.843. The molecule has 5 heteroatoms. The summed E-state index contributed by atoms with van der Waals surface area (Å²) in [4.78, 5) is 14.2. The van der Waals surface area contributed by atoms with E-state index in [-0.39, 0.29) is 5.41 Å². The second-order valence-electron chi connectivity index (χ2n) is 4.82. The van der Waals surface area contributed by atoms with Gasteiger partial charge in [-0.1, -0.05) is 20.8 Å². The molecule has 0 aliphatic carbocycles. The molecule has 0 amide bonds. The molecule has 0 radical (unpaired) electrons. The first-order chi connectivity index (χ1) is 8.02. The van der Waals surface area contributed by atoms with E-state index >= 15 is 0 Å². The van der Waals surface area contributed by atoms with Crippen LogP contribution in [0.25, 0.3) is 10.8 Å². The van der Waals surface area contributed by atoms with Gasteiger partial charge in [-0.3, -0.25) is 0 Å². The zero-order valence-electron chi connectivity index (χ0n) is 10.3. The lowest BCUT2D eigenvalue weighted by Crippen LogP contribution is -2.15. The standard InChI is InChI=1S/C12H16N4S/c1-12(2,3)9-8(7-13)17-11(16-9)10-14-5-4-6-15-10/h4-6H,7,13H2,1-3H3. The van der Waals surface area contributed by atoms with E-state index in [1.165, 1.54) is 0 Å². The number of hydrogen-bond donors (Lipinski definition) is 1. The van der Waals surface area contributed by atoms with Gasteiger partial charge in [-0.15, -0.1) is 11.3 Å². The summed E-state index contributed by atoms with van der Waals surface area (Å²) >= 11 is 1.58. The molecule has 2 rings (SSSR count). The molecule has 0 saturated heterocycles. The van der Waals surface area contributed by atoms with Gasteiger partial charge in [0.05, 0.1) is 5.69 Å². The van der Waals surface area contributed by atoms with Crippen LogP contribution in [0.5, 0.6) is 0 Å². The van der Waals surface area contributed by atoms with Crippen molar-refractivity contribution in [1.29, 1.82) is 0 Å². The third-order valence-electron chi connectivity index (χ3n) is 2.35. The van der Waals surface area contributed by atoms with Crippen LogP contribution in [0.1, 0.15) is 31.3 Å². The molecule has 2 aromatic rings. The van der Waals surface area contributed by atoms with Crippen molar-refractivity contribution in [3.8, 4) is 10.8 Å². The Hall–Kier alpha value is -1.33. The molecule has 2 aromatic heterocycles. The number of nitrogens with two attached hydrogens (primary N) is 1. The van der Waals surface area contributed by atoms with E-state index in [9.17, 15) is 0 Å². The fourth-order valence-corrected chi connectivity index (χ4v) is 2.68. The number of aromatic nitrogens is 3. The van der Waals surface area contributed by atoms with Crippen molar-refractivity contribution in [2.24, 2.45) is 5.73 Å². The zero-order chi connectivity index (χ0) is 12.5. The fraction of sp³-hybridized carbons (Fsp3) is 0.417. The van der Waals surface area contributed by atoms with E-state index in [1.54, 1.807) is 29.8 Å². The Morgan fingerprint density at radius 2 is 1.88 bits per heavy atom. The van der Waals surface area contributed by atoms with E-state index in [0.717, 1.165) is 15.6 Å². The minimum atomic E-state index is -0.00175. The molecule has 4 nitrogen and oxygen atoms in total. The summed E-state index contributed by atoms with van der Waals surface area (Å²) in [6.07, 6.45) is 3.45. The Morgan fingerprint density at radius 3 is 2.35 bits per heavy atom. The van der Waals surface area contributed by atoms with Crippen LogP contribution in [-0.4, -0.2) is 15.0 Å². The molecule has 0 aromatic carbocycles. The van der Waals surface area contributed by atoms with Crippen molar-refractivity contribution in [3.05, 3.63) is 29.0 Å². The third kappa shape index (κ3) is 2.50. The van der Waals surface area contributed by atoms with Crippen LogP contribution in [0, 0.1) is 0 Å². The Kier molecular flexibility index (Phi) is 3.22. The van der Waals surface area contributed by atoms with Gasteiger partial charge >= 0.3 is 0 Å². The van der Waals surface area contributed by atoms with Gasteiger partial charge in [0.1, 0.15) is 0 Å². The van der Waals surface area contributed by atoms with E-state index in [2.05, 4.69) is 35.7 Å². The van der Waals surface area contributed by atoms with Gasteiger partial charge in [0.25, 0.3) is 0 Å². The van der Waals surface area contributed by atoms with Crippen LogP contribution in [-0.2, 0) is 12.0 Å². The summed E-state index contributed by atoms with van der Waals surface area (Å²) < 4.78 is 0. The first kappa shape index (κ1) is 12.1. The van der Waals surface area contributed by atoms with Crippen LogP contribution in [0.15, 0.2) is 18.5 Å². The van der Waals surface area contributed by atoms with Gasteiger partial charge in [0.15, 0.2) is 10.8 Å². The van der Waals surface area contributed by atoms with Crippen molar-refractivity contribution in [1.82, 2.24) is 15.0 Å². The van der Waals surface area contributed by atoms with Crippen LogP contribution in [0.4, 0.5) is 0 Å². The molecule has 0 atom stereocenters. The molecule has 0 fully saturated rings. The topological polar surface area (TPSA) is 64.7 Å². The van der Waals surface area contributed by atoms with Gasteiger partial charge in [-0.25, -0.2) is 15.0 Å². The predicted molar refractivity (Wildman–Crippen MR) is 69.7 cm³/mol. The maximum Gasteiger partial charge on any atom is 0.188 e. The Balaban J connectivity index is 2.49. The lowest BCUT2D eigenvalue weighted by atomic mass is 9.91. The minimum Gasteiger partial charge on any atom is -0.326 e. The molecular formula is C12H16N4S. The maximum absolute atomic E-state index is 5.77. The Bertz CT molecular complexity index is 499. The highest BCUT2D eigenvalue weighted by molar-refractivity contribution is 7.15. The smallest absolute Gasteiger partial charge is 0.188 e. The molecule has 0 spiro atoms. The minimum absolute atomic E-state index is 0.00175. The number of rotatable bonds is 2. The number of hydrogen-bond acceptors (Lipinski definition) is 5. The Morgan fingerprint density at radius 1 is 1.24 bits per heavy atom. The van der Waals surface area contributed by atoms with Gasteiger partial charge in [0, 0.05) is 29.2 Å². The highest BCUT2D eigenvalue weighted by Gasteiger charge is 2.23. The van der Waals surface area contributed by atoms with Crippen molar-refractivity contribution < 1.29 is 0 Å². The molecule has 0 unspecified atom stereocenters. The second-order valence-corrected chi connectivity index (χ2v) is 5.90. The highest BCUT2D eigenvalue weighted by Crippen LogP contribution is 2.32. The van der Waals surface area contributed by atoms with Gasteiger partial charge in [-0.05, 0) is 6.07 Å². The largest absolute Gasteiger partial charge is 0.326 e. The molecule has 0 saturated carbocycles. The van der Waals surface area contributed by atoms with E-state index in [4.69, 9.17) is 5.73 Å². The van der Waals surface area contributed by atoms with Crippen molar-refractivity contribution in [2.45, 2.75) is 32.7 Å². The van der Waals surface area contributed by atoms with Gasteiger partial charge < -0.3 is 5.73 Å². The average molecular weight is 248 g/mol. The molecule has 2 N–H and O–H groups in total. The number of nitrogens with zero attached hydrogens (tertiary/aromatic N) is 3. The normalized spacial score (nSPS) is 11.8. The Labute approximate surface area is 105 Å². The third-order valence-corrected chi connectivity index (χ3v) is 3.42. The summed E-state index contributed by atoms with van der Waals surface area (Å²) in [5.74, 6) is 0.669. The summed E-state index contributed by atoms with van der Waals surface area (Å²) in [6.45, 7) is 6.92. The summed E-state index contributed by atoms with van der Waals surface area (Å²) in [7, 11) is 0. The molecule has 0 aliphatic rings. The van der Waals surface area contributed by atoms with Crippen LogP contribution >= 0.6 is 11.3 Å². The predicted octanol–water partition coefficient (Wildman–Crippen LogP) is 2.36. The monoisotopic (exact) mass is 248 g/mol. The summed E-state index contributed by atoms with van der Waals surface area (Å²) in [5.41, 5.74) is 6.82. The molecule has 0 aliphatic heterocycles. The average Bonchev–Trinajstić information content (AvgIpc) is 2.74. The molecule has 17 heavy (non-hydrogen) atoms. The van der Waals surface area contributed by atoms with Gasteiger partial charge in [-0.2, -0.15) is 0 Å². The van der Waals surface area contributed by atoms with Crippen molar-refractivity contribution >= 4 is 11.3 Å². The quantitative estimate of drug-likeness (QED) is 0.886. The SMILES string of the molecule is CC(C)(C)c1nc(-c2ncccn2)sc1CN. The first-order valence-electron chi connectivity index (χ1n) is 5.50. The van der Waals surface area contributed by atoms with Gasteiger partial charge in [0.2, 0.25) is 0 Å². The fourth-order valence-electron chi connectivity index (χ4n) is 1.58. The molecule has 2 heterocycles. The molecular weight excluding hydrogens is 232 g/mol. The molecule has 90 valence electrons. The first-order valence-corrected chi connectivity index (χ1v) is 6.31.